The highest BCUT2D eigenvalue weighted by Gasteiger charge is 2.22. The van der Waals surface area contributed by atoms with Crippen molar-refractivity contribution in [2.24, 2.45) is 0 Å². The number of anilines is 1. The lowest BCUT2D eigenvalue weighted by atomic mass is 9.87. The third kappa shape index (κ3) is 3.59. The smallest absolute Gasteiger partial charge is 0.343 e. The molecule has 4 rings (SSSR count). The number of nitrogen functional groups attached to an aromatic ring is 1. The number of rotatable bonds is 4. The molecule has 1 heterocycles. The molecule has 7 nitrogen and oxygen atoms in total. The largest absolute Gasteiger partial charge is 0.465 e. The Balaban J connectivity index is 1.51. The third-order valence-corrected chi connectivity index (χ3v) is 5.26. The summed E-state index contributed by atoms with van der Waals surface area (Å²) < 4.78 is 6.12. The minimum atomic E-state index is -0.544. The number of fused-ring (bicyclic) bond motifs is 1. The van der Waals surface area contributed by atoms with E-state index in [2.05, 4.69) is 27.3 Å². The van der Waals surface area contributed by atoms with Crippen LogP contribution < -0.4 is 11.1 Å². The van der Waals surface area contributed by atoms with Gasteiger partial charge in [-0.2, -0.15) is 5.10 Å². The van der Waals surface area contributed by atoms with Gasteiger partial charge in [0.05, 0.1) is 25.0 Å². The fraction of sp³-hybridized carbons (Fsp3) is 0.227. The van der Waals surface area contributed by atoms with Crippen molar-refractivity contribution in [2.75, 3.05) is 12.8 Å². The molecule has 7 heteroatoms. The number of aryl methyl sites for hydroxylation is 1. The van der Waals surface area contributed by atoms with Gasteiger partial charge < -0.3 is 15.8 Å². The predicted octanol–water partition coefficient (Wildman–Crippen LogP) is 3.05. The van der Waals surface area contributed by atoms with Gasteiger partial charge in [0.2, 0.25) is 0 Å². The first-order valence-electron chi connectivity index (χ1n) is 9.49. The molecule has 0 saturated heterocycles. The Morgan fingerprint density at radius 1 is 1.17 bits per heavy atom. The van der Waals surface area contributed by atoms with Gasteiger partial charge in [0, 0.05) is 5.56 Å². The number of carbonyl (C=O) groups excluding carboxylic acids is 2. The van der Waals surface area contributed by atoms with Gasteiger partial charge in [0.15, 0.2) is 0 Å². The number of nitrogens with one attached hydrogen (secondary N) is 1. The van der Waals surface area contributed by atoms with E-state index in [4.69, 9.17) is 5.73 Å². The lowest BCUT2D eigenvalue weighted by molar-refractivity contribution is 0.0601. The van der Waals surface area contributed by atoms with Crippen LogP contribution in [0.2, 0.25) is 0 Å². The van der Waals surface area contributed by atoms with Gasteiger partial charge in [-0.05, 0) is 54.7 Å². The van der Waals surface area contributed by atoms with Gasteiger partial charge in [-0.1, -0.05) is 24.3 Å². The number of carbonyl (C=O) groups is 2. The number of hydrogen-bond donors (Lipinski definition) is 2. The number of ether oxygens (including phenoxy) is 1. The van der Waals surface area contributed by atoms with Crippen molar-refractivity contribution in [1.82, 2.24) is 15.1 Å². The Morgan fingerprint density at radius 3 is 2.69 bits per heavy atom. The molecule has 0 saturated carbocycles. The summed E-state index contributed by atoms with van der Waals surface area (Å²) in [5, 5.41) is 7.28. The number of nitrogens with two attached hydrogens (primary N) is 1. The van der Waals surface area contributed by atoms with Gasteiger partial charge in [-0.3, -0.25) is 4.79 Å². The first-order chi connectivity index (χ1) is 14.1. The molecule has 1 amide bonds. The highest BCUT2D eigenvalue weighted by molar-refractivity contribution is 5.95. The zero-order chi connectivity index (χ0) is 20.4. The van der Waals surface area contributed by atoms with Crippen LogP contribution in [0.1, 0.15) is 50.7 Å². The number of methoxy groups -OCH3 is 1. The van der Waals surface area contributed by atoms with Crippen molar-refractivity contribution >= 4 is 17.7 Å². The molecule has 0 radical (unpaired) electrons. The van der Waals surface area contributed by atoms with E-state index in [0.29, 0.717) is 11.3 Å². The normalized spacial score (nSPS) is 15.4. The summed E-state index contributed by atoms with van der Waals surface area (Å²) in [5.41, 5.74) is 9.90. The Morgan fingerprint density at radius 2 is 1.93 bits per heavy atom. The molecule has 1 atom stereocenters. The van der Waals surface area contributed by atoms with E-state index in [1.54, 1.807) is 24.3 Å². The number of aromatic nitrogens is 2. The molecule has 0 bridgehead atoms. The molecule has 3 N–H and O–H groups in total. The van der Waals surface area contributed by atoms with Gasteiger partial charge >= 0.3 is 5.97 Å². The maximum absolute atomic E-state index is 12.8. The van der Waals surface area contributed by atoms with E-state index in [1.807, 2.05) is 12.1 Å². The number of amides is 1. The Labute approximate surface area is 168 Å². The van der Waals surface area contributed by atoms with E-state index >= 15 is 0 Å². The van der Waals surface area contributed by atoms with Crippen LogP contribution in [0.3, 0.4) is 0 Å². The van der Waals surface area contributed by atoms with E-state index in [9.17, 15) is 9.59 Å². The number of esters is 1. The highest BCUT2D eigenvalue weighted by atomic mass is 16.5. The Bertz CT molecular complexity index is 1060. The van der Waals surface area contributed by atoms with Crippen molar-refractivity contribution in [3.05, 3.63) is 77.0 Å². The molecule has 148 valence electrons. The summed E-state index contributed by atoms with van der Waals surface area (Å²) in [7, 11) is 1.29. The van der Waals surface area contributed by atoms with Crippen molar-refractivity contribution in [1.29, 1.82) is 0 Å². The number of hydrogen-bond acceptors (Lipinski definition) is 5. The third-order valence-electron chi connectivity index (χ3n) is 5.26. The molecule has 0 aliphatic heterocycles. The zero-order valence-corrected chi connectivity index (χ0v) is 16.1. The average Bonchev–Trinajstić information content (AvgIpc) is 3.15. The van der Waals surface area contributed by atoms with Crippen LogP contribution in [0, 0.1) is 0 Å². The van der Waals surface area contributed by atoms with E-state index in [-0.39, 0.29) is 23.3 Å². The van der Waals surface area contributed by atoms with E-state index < -0.39 is 5.97 Å². The number of nitrogens with zero attached hydrogens (tertiary/aromatic N) is 2. The molecule has 3 aromatic rings. The molecule has 1 aliphatic rings. The van der Waals surface area contributed by atoms with Crippen molar-refractivity contribution in [2.45, 2.75) is 25.3 Å². The summed E-state index contributed by atoms with van der Waals surface area (Å²) >= 11 is 0. The fourth-order valence-corrected chi connectivity index (χ4v) is 3.73. The maximum Gasteiger partial charge on any atom is 0.343 e. The van der Waals surface area contributed by atoms with Gasteiger partial charge in [-0.25, -0.2) is 9.48 Å². The quantitative estimate of drug-likeness (QED) is 0.667. The van der Waals surface area contributed by atoms with Crippen LogP contribution in [0.4, 0.5) is 5.82 Å². The Kier molecular flexibility index (Phi) is 5.03. The van der Waals surface area contributed by atoms with Gasteiger partial charge in [0.25, 0.3) is 5.91 Å². The SMILES string of the molecule is COC(=O)c1cnn(-c2ccc(C(=O)NC3CCCc4ccccc43)cc2)c1N. The highest BCUT2D eigenvalue weighted by Crippen LogP contribution is 2.29. The number of benzene rings is 2. The second kappa shape index (κ2) is 7.79. The average molecular weight is 390 g/mol. The molecular formula is C22H22N4O3. The van der Waals surface area contributed by atoms with E-state index in [0.717, 1.165) is 19.3 Å². The summed E-state index contributed by atoms with van der Waals surface area (Å²) in [6, 6.07) is 15.2. The predicted molar refractivity (Wildman–Crippen MR) is 109 cm³/mol. The van der Waals surface area contributed by atoms with Gasteiger partial charge in [-0.15, -0.1) is 0 Å². The molecule has 0 fully saturated rings. The van der Waals surface area contributed by atoms with Crippen LogP contribution in [0.15, 0.2) is 54.7 Å². The van der Waals surface area contributed by atoms with Crippen LogP contribution in [-0.4, -0.2) is 28.8 Å². The second-order valence-corrected chi connectivity index (χ2v) is 7.01. The monoisotopic (exact) mass is 390 g/mol. The Hall–Kier alpha value is -3.61. The molecule has 2 aromatic carbocycles. The van der Waals surface area contributed by atoms with Crippen LogP contribution in [-0.2, 0) is 11.2 Å². The second-order valence-electron chi connectivity index (χ2n) is 7.01. The summed E-state index contributed by atoms with van der Waals surface area (Å²) in [6.45, 7) is 0. The molecule has 1 aliphatic carbocycles. The summed E-state index contributed by atoms with van der Waals surface area (Å²) in [4.78, 5) is 24.4. The van der Waals surface area contributed by atoms with Crippen LogP contribution in [0.25, 0.3) is 5.69 Å². The van der Waals surface area contributed by atoms with Gasteiger partial charge in [0.1, 0.15) is 11.4 Å². The van der Waals surface area contributed by atoms with Crippen LogP contribution >= 0.6 is 0 Å². The summed E-state index contributed by atoms with van der Waals surface area (Å²) in [5.74, 6) is -0.479. The first kappa shape index (κ1) is 18.7. The molecular weight excluding hydrogens is 368 g/mol. The molecule has 29 heavy (non-hydrogen) atoms. The lowest BCUT2D eigenvalue weighted by Crippen LogP contribution is -2.30. The van der Waals surface area contributed by atoms with Crippen molar-refractivity contribution in [3.8, 4) is 5.69 Å². The maximum atomic E-state index is 12.8. The fourth-order valence-electron chi connectivity index (χ4n) is 3.73. The van der Waals surface area contributed by atoms with Crippen LogP contribution in [0.5, 0.6) is 0 Å². The molecule has 1 unspecified atom stereocenters. The minimum Gasteiger partial charge on any atom is -0.465 e. The van der Waals surface area contributed by atoms with E-state index in [1.165, 1.54) is 29.1 Å². The summed E-state index contributed by atoms with van der Waals surface area (Å²) in [6.07, 6.45) is 4.40. The zero-order valence-electron chi connectivity index (χ0n) is 16.1. The van der Waals surface area contributed by atoms with Crippen molar-refractivity contribution < 1.29 is 14.3 Å². The van der Waals surface area contributed by atoms with Crippen molar-refractivity contribution in [3.63, 3.8) is 0 Å². The standard InChI is InChI=1S/C22H22N4O3/c1-29-22(28)18-13-24-26(20(18)23)16-11-9-15(10-12-16)21(27)25-19-8-4-6-14-5-2-3-7-17(14)19/h2-3,5,7,9-13,19H,4,6,8,23H2,1H3,(H,25,27). The topological polar surface area (TPSA) is 99.2 Å². The molecule has 1 aromatic heterocycles. The first-order valence-corrected chi connectivity index (χ1v) is 9.49. The molecule has 0 spiro atoms. The lowest BCUT2D eigenvalue weighted by Gasteiger charge is -2.26. The minimum absolute atomic E-state index is 0.0245.